The number of fused-ring (bicyclic) bond motifs is 1. The highest BCUT2D eigenvalue weighted by molar-refractivity contribution is 8.03. The Balaban J connectivity index is 1.25. The van der Waals surface area contributed by atoms with Gasteiger partial charge in [0.1, 0.15) is 24.1 Å². The van der Waals surface area contributed by atoms with Crippen LogP contribution in [-0.4, -0.2) is 108 Å². The van der Waals surface area contributed by atoms with Crippen LogP contribution < -0.4 is 4.74 Å². The van der Waals surface area contributed by atoms with Crippen LogP contribution in [0.4, 0.5) is 16.2 Å². The van der Waals surface area contributed by atoms with E-state index in [2.05, 4.69) is 0 Å². The van der Waals surface area contributed by atoms with Gasteiger partial charge in [-0.25, -0.2) is 9.59 Å². The second-order valence-corrected chi connectivity index (χ2v) is 15.2. The van der Waals surface area contributed by atoms with Gasteiger partial charge in [0.25, 0.3) is 11.4 Å². The SMILES string of the molecule is C[C@@H](O)[C@H]1C(=O)N2C(C(=O)Oc3ccc([N+](=O)[O-])cc3)=C(S[C@H]3C[C@@H](C(=O)N4CCSCC4)N(C(=O)OCc4ccc([N+](=O)[O-])cc4)C3)[C@H](C)[C@H]12. The Kier molecular flexibility index (Phi) is 10.5. The van der Waals surface area contributed by atoms with E-state index >= 15 is 0 Å². The predicted octanol–water partition coefficient (Wildman–Crippen LogP) is 3.57. The van der Waals surface area contributed by atoms with Crippen LogP contribution in [0, 0.1) is 32.1 Å². The first-order chi connectivity index (χ1) is 24.3. The molecule has 18 heteroatoms. The van der Waals surface area contributed by atoms with Gasteiger partial charge in [0.15, 0.2) is 0 Å². The topological polar surface area (TPSA) is 203 Å². The maximum atomic E-state index is 13.8. The van der Waals surface area contributed by atoms with E-state index < -0.39 is 63.1 Å². The molecule has 0 bridgehead atoms. The van der Waals surface area contributed by atoms with Crippen molar-refractivity contribution in [1.82, 2.24) is 14.7 Å². The summed E-state index contributed by atoms with van der Waals surface area (Å²) in [5, 5.41) is 32.1. The molecule has 1 N–H and O–H groups in total. The summed E-state index contributed by atoms with van der Waals surface area (Å²) < 4.78 is 11.2. The largest absolute Gasteiger partial charge is 0.445 e. The summed E-state index contributed by atoms with van der Waals surface area (Å²) in [5.41, 5.74) is 0.223. The number of likely N-dealkylation sites (tertiary alicyclic amines) is 1. The lowest BCUT2D eigenvalue weighted by Gasteiger charge is -2.46. The molecule has 3 fully saturated rings. The number of esters is 1. The number of aliphatic hydroxyl groups excluding tert-OH is 1. The number of β-lactam (4-membered cyclic amide) rings is 1. The molecule has 51 heavy (non-hydrogen) atoms. The van der Waals surface area contributed by atoms with Crippen LogP contribution in [0.25, 0.3) is 0 Å². The van der Waals surface area contributed by atoms with Crippen LogP contribution in [-0.2, 0) is 25.7 Å². The first-order valence-corrected chi connectivity index (χ1v) is 18.3. The molecule has 0 spiro atoms. The van der Waals surface area contributed by atoms with Crippen LogP contribution in [0.5, 0.6) is 5.75 Å². The van der Waals surface area contributed by atoms with Crippen LogP contribution in [0.15, 0.2) is 59.1 Å². The molecule has 16 nitrogen and oxygen atoms in total. The second kappa shape index (κ2) is 14.9. The van der Waals surface area contributed by atoms with Crippen molar-refractivity contribution in [2.45, 2.75) is 50.3 Å². The Bertz CT molecular complexity index is 1760. The summed E-state index contributed by atoms with van der Waals surface area (Å²) in [7, 11) is 0. The van der Waals surface area contributed by atoms with Crippen molar-refractivity contribution in [2.24, 2.45) is 11.8 Å². The summed E-state index contributed by atoms with van der Waals surface area (Å²) in [4.78, 5) is 80.4. The monoisotopic (exact) mass is 741 g/mol. The molecule has 270 valence electrons. The Morgan fingerprint density at radius 1 is 1.02 bits per heavy atom. The summed E-state index contributed by atoms with van der Waals surface area (Å²) in [6.45, 7) is 4.33. The summed E-state index contributed by atoms with van der Waals surface area (Å²) in [6, 6.07) is 9.15. The van der Waals surface area contributed by atoms with Crippen LogP contribution in [0.2, 0.25) is 0 Å². The third-order valence-electron chi connectivity index (χ3n) is 9.47. The zero-order valence-electron chi connectivity index (χ0n) is 27.6. The smallest absolute Gasteiger partial charge is 0.410 e. The number of benzene rings is 2. The fraction of sp³-hybridized carbons (Fsp3) is 0.455. The number of nitro benzene ring substituents is 2. The number of hydrogen-bond donors (Lipinski definition) is 1. The normalized spacial score (nSPS) is 24.9. The number of nitrogens with zero attached hydrogens (tertiary/aromatic N) is 5. The fourth-order valence-electron chi connectivity index (χ4n) is 6.90. The highest BCUT2D eigenvalue weighted by Crippen LogP contribution is 2.52. The molecule has 0 aromatic heterocycles. The summed E-state index contributed by atoms with van der Waals surface area (Å²) in [6.07, 6.45) is -1.48. The molecule has 0 unspecified atom stereocenters. The molecule has 2 aromatic carbocycles. The maximum absolute atomic E-state index is 13.8. The summed E-state index contributed by atoms with van der Waals surface area (Å²) >= 11 is 3.01. The Hall–Kier alpha value is -4.68. The quantitative estimate of drug-likeness (QED) is 0.122. The van der Waals surface area contributed by atoms with Crippen molar-refractivity contribution in [3.8, 4) is 5.75 Å². The average molecular weight is 742 g/mol. The van der Waals surface area contributed by atoms with Gasteiger partial charge in [0.05, 0.1) is 27.9 Å². The number of amides is 3. The lowest BCUT2D eigenvalue weighted by atomic mass is 9.79. The minimum absolute atomic E-state index is 0.00659. The average Bonchev–Trinajstić information content (AvgIpc) is 3.64. The van der Waals surface area contributed by atoms with Gasteiger partial charge in [-0.3, -0.25) is 34.7 Å². The molecule has 0 aliphatic carbocycles. The molecule has 4 aliphatic heterocycles. The van der Waals surface area contributed by atoms with Crippen molar-refractivity contribution in [3.63, 3.8) is 0 Å². The third kappa shape index (κ3) is 7.25. The number of nitro groups is 2. The standard InChI is InChI=1S/C33H35N5O11S2/c1-18-27-26(19(2)39)31(41)36(27)28(32(42)49-23-9-7-22(8-10-23)38(46)47)29(18)51-24-15-25(30(40)34-11-13-50-14-12-34)35(16-24)33(43)48-17-20-3-5-21(6-4-20)37(44)45/h3-10,18-19,24-27,39H,11-17H2,1-2H3/t18-,19-,24+,25+,26-,27-/m1/s1. The third-order valence-corrected chi connectivity index (χ3v) is 11.9. The predicted molar refractivity (Wildman–Crippen MR) is 184 cm³/mol. The van der Waals surface area contributed by atoms with Gasteiger partial charge in [-0.1, -0.05) is 6.92 Å². The van der Waals surface area contributed by atoms with Gasteiger partial charge in [0, 0.05) is 71.5 Å². The van der Waals surface area contributed by atoms with Gasteiger partial charge < -0.3 is 24.4 Å². The van der Waals surface area contributed by atoms with Gasteiger partial charge in [-0.05, 0) is 43.2 Å². The molecule has 3 amide bonds. The van der Waals surface area contributed by atoms with Crippen molar-refractivity contribution in [1.29, 1.82) is 0 Å². The minimum Gasteiger partial charge on any atom is -0.445 e. The lowest BCUT2D eigenvalue weighted by molar-refractivity contribution is -0.385. The van der Waals surface area contributed by atoms with Crippen molar-refractivity contribution < 1.29 is 43.6 Å². The molecule has 6 atom stereocenters. The van der Waals surface area contributed by atoms with Crippen LogP contribution >= 0.6 is 23.5 Å². The maximum Gasteiger partial charge on any atom is 0.410 e. The molecular formula is C33H35N5O11S2. The minimum atomic E-state index is -0.977. The van der Waals surface area contributed by atoms with E-state index in [0.717, 1.165) is 11.5 Å². The van der Waals surface area contributed by atoms with Gasteiger partial charge in [-0.15, -0.1) is 11.8 Å². The van der Waals surface area contributed by atoms with E-state index in [-0.39, 0.29) is 48.3 Å². The van der Waals surface area contributed by atoms with Crippen molar-refractivity contribution in [2.75, 3.05) is 31.1 Å². The first-order valence-electron chi connectivity index (χ1n) is 16.3. The van der Waals surface area contributed by atoms with Crippen molar-refractivity contribution >= 4 is 58.8 Å². The number of carbonyl (C=O) groups is 4. The molecule has 4 aliphatic rings. The molecule has 6 rings (SSSR count). The molecule has 4 heterocycles. The number of carbonyl (C=O) groups excluding carboxylic acids is 4. The number of aliphatic hydroxyl groups is 1. The zero-order chi connectivity index (χ0) is 36.6. The van der Waals surface area contributed by atoms with Gasteiger partial charge in [0.2, 0.25) is 11.8 Å². The van der Waals surface area contributed by atoms with E-state index in [1.54, 1.807) is 16.7 Å². The van der Waals surface area contributed by atoms with E-state index in [9.17, 15) is 44.5 Å². The van der Waals surface area contributed by atoms with Crippen LogP contribution in [0.1, 0.15) is 25.8 Å². The molecule has 0 radical (unpaired) electrons. The second-order valence-electron chi connectivity index (χ2n) is 12.7. The highest BCUT2D eigenvalue weighted by Gasteiger charge is 2.61. The highest BCUT2D eigenvalue weighted by atomic mass is 32.2. The Morgan fingerprint density at radius 3 is 2.22 bits per heavy atom. The van der Waals surface area contributed by atoms with Crippen molar-refractivity contribution in [3.05, 3.63) is 84.9 Å². The Labute approximate surface area is 300 Å². The zero-order valence-corrected chi connectivity index (χ0v) is 29.2. The molecular weight excluding hydrogens is 707 g/mol. The van der Waals surface area contributed by atoms with Gasteiger partial charge in [-0.2, -0.15) is 11.8 Å². The summed E-state index contributed by atoms with van der Waals surface area (Å²) in [5.74, 6) is -1.09. The number of non-ortho nitro benzene ring substituents is 2. The molecule has 2 aromatic rings. The first kappa shape index (κ1) is 36.1. The van der Waals surface area contributed by atoms with E-state index in [1.807, 2.05) is 6.92 Å². The number of rotatable bonds is 10. The molecule has 3 saturated heterocycles. The van der Waals surface area contributed by atoms with Gasteiger partial charge >= 0.3 is 12.1 Å². The fourth-order valence-corrected chi connectivity index (χ4v) is 9.32. The number of thioether (sulfide) groups is 2. The van der Waals surface area contributed by atoms with E-state index in [0.29, 0.717) is 23.6 Å². The molecule has 0 saturated carbocycles. The van der Waals surface area contributed by atoms with E-state index in [1.165, 1.54) is 77.0 Å². The number of hydrogen-bond acceptors (Lipinski definition) is 13. The lowest BCUT2D eigenvalue weighted by Crippen LogP contribution is -2.63. The van der Waals surface area contributed by atoms with Crippen LogP contribution in [0.3, 0.4) is 0 Å². The van der Waals surface area contributed by atoms with E-state index in [4.69, 9.17) is 9.47 Å². The Morgan fingerprint density at radius 2 is 1.63 bits per heavy atom. The number of ether oxygens (including phenoxy) is 2.